The predicted octanol–water partition coefficient (Wildman–Crippen LogP) is 1.85. The summed E-state index contributed by atoms with van der Waals surface area (Å²) >= 11 is 0. The Bertz CT molecular complexity index is 234. The van der Waals surface area contributed by atoms with Crippen LogP contribution in [0, 0.1) is 17.2 Å². The topological polar surface area (TPSA) is 53.2 Å². The van der Waals surface area contributed by atoms with Crippen LogP contribution < -0.4 is 0 Å². The van der Waals surface area contributed by atoms with Crippen LogP contribution in [0.2, 0.25) is 0 Å². The monoisotopic (exact) mass is 197 g/mol. The number of ether oxygens (including phenoxy) is 1. The van der Waals surface area contributed by atoms with Gasteiger partial charge < -0.3 is 9.84 Å². The van der Waals surface area contributed by atoms with E-state index < -0.39 is 11.7 Å². The summed E-state index contributed by atoms with van der Waals surface area (Å²) in [6.45, 7) is 5.73. The Morgan fingerprint density at radius 1 is 1.57 bits per heavy atom. The lowest BCUT2D eigenvalue weighted by Crippen LogP contribution is -2.44. The standard InChI is InChI=1S/C11H19NO2/c1-8(2)10(13)9-5-4-6-11(3,7-12)14-9/h8-10,13H,4-6H2,1-3H3/t9-,10+,11+/m1/s1. The molecule has 1 rings (SSSR count). The number of aliphatic hydroxyl groups is 1. The maximum Gasteiger partial charge on any atom is 0.151 e. The molecular weight excluding hydrogens is 178 g/mol. The highest BCUT2D eigenvalue weighted by Gasteiger charge is 2.36. The van der Waals surface area contributed by atoms with E-state index in [4.69, 9.17) is 10.00 Å². The van der Waals surface area contributed by atoms with Gasteiger partial charge in [-0.15, -0.1) is 0 Å². The Kier molecular flexibility index (Phi) is 3.52. The van der Waals surface area contributed by atoms with Crippen LogP contribution in [0.3, 0.4) is 0 Å². The van der Waals surface area contributed by atoms with Crippen LogP contribution in [0.4, 0.5) is 0 Å². The fraction of sp³-hybridized carbons (Fsp3) is 0.909. The van der Waals surface area contributed by atoms with Crippen LogP contribution in [-0.4, -0.2) is 22.9 Å². The van der Waals surface area contributed by atoms with Crippen LogP contribution in [-0.2, 0) is 4.74 Å². The molecule has 14 heavy (non-hydrogen) atoms. The molecule has 3 atom stereocenters. The van der Waals surface area contributed by atoms with Crippen molar-refractivity contribution in [3.8, 4) is 6.07 Å². The molecule has 0 radical (unpaired) electrons. The Morgan fingerprint density at radius 2 is 2.21 bits per heavy atom. The summed E-state index contributed by atoms with van der Waals surface area (Å²) in [5.74, 6) is 0.182. The molecule has 0 aromatic carbocycles. The molecule has 0 bridgehead atoms. The molecule has 0 aromatic heterocycles. The zero-order valence-electron chi connectivity index (χ0n) is 9.16. The van der Waals surface area contributed by atoms with Crippen LogP contribution in [0.25, 0.3) is 0 Å². The van der Waals surface area contributed by atoms with Crippen molar-refractivity contribution in [3.63, 3.8) is 0 Å². The highest BCUT2D eigenvalue weighted by atomic mass is 16.5. The van der Waals surface area contributed by atoms with Crippen molar-refractivity contribution >= 4 is 0 Å². The summed E-state index contributed by atoms with van der Waals surface area (Å²) in [4.78, 5) is 0. The Balaban J connectivity index is 2.61. The van der Waals surface area contributed by atoms with Gasteiger partial charge in [-0.05, 0) is 32.1 Å². The van der Waals surface area contributed by atoms with Gasteiger partial charge in [0.15, 0.2) is 5.60 Å². The smallest absolute Gasteiger partial charge is 0.151 e. The Hall–Kier alpha value is -0.590. The molecule has 3 nitrogen and oxygen atoms in total. The number of hydrogen-bond acceptors (Lipinski definition) is 3. The first-order valence-electron chi connectivity index (χ1n) is 5.25. The van der Waals surface area contributed by atoms with E-state index >= 15 is 0 Å². The van der Waals surface area contributed by atoms with Crippen LogP contribution in [0.15, 0.2) is 0 Å². The molecule has 80 valence electrons. The number of aliphatic hydroxyl groups excluding tert-OH is 1. The van der Waals surface area contributed by atoms with Crippen molar-refractivity contribution in [2.45, 2.75) is 57.8 Å². The van der Waals surface area contributed by atoms with Crippen molar-refractivity contribution in [2.24, 2.45) is 5.92 Å². The zero-order valence-corrected chi connectivity index (χ0v) is 9.16. The maximum absolute atomic E-state index is 9.84. The van der Waals surface area contributed by atoms with Gasteiger partial charge in [0.05, 0.1) is 18.3 Å². The normalized spacial score (nSPS) is 35.3. The minimum absolute atomic E-state index is 0.173. The summed E-state index contributed by atoms with van der Waals surface area (Å²) < 4.78 is 5.64. The summed E-state index contributed by atoms with van der Waals surface area (Å²) in [5, 5.41) is 18.8. The van der Waals surface area contributed by atoms with Crippen LogP contribution in [0.1, 0.15) is 40.0 Å². The van der Waals surface area contributed by atoms with Crippen molar-refractivity contribution in [1.29, 1.82) is 5.26 Å². The average molecular weight is 197 g/mol. The molecule has 1 N–H and O–H groups in total. The molecular formula is C11H19NO2. The van der Waals surface area contributed by atoms with E-state index in [9.17, 15) is 5.11 Å². The Morgan fingerprint density at radius 3 is 2.71 bits per heavy atom. The summed E-state index contributed by atoms with van der Waals surface area (Å²) in [5.41, 5.74) is -0.696. The minimum atomic E-state index is -0.696. The van der Waals surface area contributed by atoms with Crippen LogP contribution in [0.5, 0.6) is 0 Å². The van der Waals surface area contributed by atoms with E-state index in [0.717, 1.165) is 19.3 Å². The molecule has 1 aliphatic rings. The SMILES string of the molecule is CC(C)[C@H](O)[C@H]1CCC[C@@](C)(C#N)O1. The molecule has 0 amide bonds. The summed E-state index contributed by atoms with van der Waals surface area (Å²) in [7, 11) is 0. The van der Waals surface area contributed by atoms with Gasteiger partial charge in [-0.1, -0.05) is 13.8 Å². The van der Waals surface area contributed by atoms with E-state index in [1.54, 1.807) is 6.92 Å². The fourth-order valence-corrected chi connectivity index (χ4v) is 1.84. The first-order chi connectivity index (χ1) is 6.48. The molecule has 3 heteroatoms. The molecule has 1 heterocycles. The van der Waals surface area contributed by atoms with Gasteiger partial charge in [-0.3, -0.25) is 0 Å². The van der Waals surface area contributed by atoms with Gasteiger partial charge in [0.25, 0.3) is 0 Å². The summed E-state index contributed by atoms with van der Waals surface area (Å²) in [6.07, 6.45) is 1.95. The van der Waals surface area contributed by atoms with Gasteiger partial charge in [0, 0.05) is 0 Å². The third-order valence-electron chi connectivity index (χ3n) is 2.85. The number of rotatable bonds is 2. The second-order valence-corrected chi connectivity index (χ2v) is 4.63. The first kappa shape index (κ1) is 11.5. The lowest BCUT2D eigenvalue weighted by Gasteiger charge is -2.37. The average Bonchev–Trinajstić information content (AvgIpc) is 2.16. The second-order valence-electron chi connectivity index (χ2n) is 4.63. The molecule has 0 saturated carbocycles. The van der Waals surface area contributed by atoms with Gasteiger partial charge in [-0.2, -0.15) is 5.26 Å². The van der Waals surface area contributed by atoms with Crippen molar-refractivity contribution in [1.82, 2.24) is 0 Å². The van der Waals surface area contributed by atoms with Gasteiger partial charge in [0.1, 0.15) is 0 Å². The zero-order chi connectivity index (χ0) is 10.8. The van der Waals surface area contributed by atoms with Gasteiger partial charge in [0.2, 0.25) is 0 Å². The second kappa shape index (κ2) is 4.29. The molecule has 0 spiro atoms. The number of hydrogen-bond donors (Lipinski definition) is 1. The highest BCUT2D eigenvalue weighted by Crippen LogP contribution is 2.30. The fourth-order valence-electron chi connectivity index (χ4n) is 1.84. The lowest BCUT2D eigenvalue weighted by atomic mass is 9.90. The minimum Gasteiger partial charge on any atom is -0.390 e. The third kappa shape index (κ3) is 2.46. The van der Waals surface area contributed by atoms with E-state index in [1.807, 2.05) is 13.8 Å². The lowest BCUT2D eigenvalue weighted by molar-refractivity contribution is -0.140. The van der Waals surface area contributed by atoms with E-state index in [0.29, 0.717) is 0 Å². The molecule has 1 fully saturated rings. The highest BCUT2D eigenvalue weighted by molar-refractivity contribution is 5.01. The number of nitrogens with zero attached hydrogens (tertiary/aromatic N) is 1. The van der Waals surface area contributed by atoms with Crippen LogP contribution >= 0.6 is 0 Å². The Labute approximate surface area is 85.7 Å². The molecule has 0 aromatic rings. The van der Waals surface area contributed by atoms with Crippen molar-refractivity contribution in [3.05, 3.63) is 0 Å². The number of nitriles is 1. The van der Waals surface area contributed by atoms with E-state index in [-0.39, 0.29) is 12.0 Å². The van der Waals surface area contributed by atoms with Crippen molar-refractivity contribution in [2.75, 3.05) is 0 Å². The molecule has 0 aliphatic carbocycles. The maximum atomic E-state index is 9.84. The van der Waals surface area contributed by atoms with Gasteiger partial charge >= 0.3 is 0 Å². The predicted molar refractivity (Wildman–Crippen MR) is 53.6 cm³/mol. The van der Waals surface area contributed by atoms with E-state index in [2.05, 4.69) is 6.07 Å². The molecule has 1 aliphatic heterocycles. The van der Waals surface area contributed by atoms with E-state index in [1.165, 1.54) is 0 Å². The summed E-state index contributed by atoms with van der Waals surface area (Å²) in [6, 6.07) is 2.17. The first-order valence-corrected chi connectivity index (χ1v) is 5.25. The largest absolute Gasteiger partial charge is 0.390 e. The molecule has 1 saturated heterocycles. The molecule has 0 unspecified atom stereocenters. The third-order valence-corrected chi connectivity index (χ3v) is 2.85. The van der Waals surface area contributed by atoms with Gasteiger partial charge in [-0.25, -0.2) is 0 Å². The van der Waals surface area contributed by atoms with Crippen molar-refractivity contribution < 1.29 is 9.84 Å². The quantitative estimate of drug-likeness (QED) is 0.735.